The Morgan fingerprint density at radius 3 is 2.95 bits per heavy atom. The molecule has 0 bridgehead atoms. The van der Waals surface area contributed by atoms with Crippen molar-refractivity contribution in [3.8, 4) is 0 Å². The van der Waals surface area contributed by atoms with Crippen molar-refractivity contribution >= 4 is 24.0 Å². The van der Waals surface area contributed by atoms with Gasteiger partial charge in [0.2, 0.25) is 0 Å². The first kappa shape index (κ1) is 16.0. The number of hydrogen-bond acceptors (Lipinski definition) is 3. The Balaban J connectivity index is 0.00000180. The smallest absolute Gasteiger partial charge is 0.254 e. The van der Waals surface area contributed by atoms with Crippen LogP contribution in [0.5, 0.6) is 0 Å². The molecule has 1 unspecified atom stereocenters. The minimum atomic E-state index is -0.384. The van der Waals surface area contributed by atoms with E-state index in [-0.39, 0.29) is 24.4 Å². The van der Waals surface area contributed by atoms with Crippen molar-refractivity contribution < 1.29 is 9.53 Å². The number of hydrogen-bond donors (Lipinski definition) is 2. The molecule has 106 valence electrons. The number of nitrogens with one attached hydrogen (secondary N) is 2. The predicted octanol–water partition coefficient (Wildman–Crippen LogP) is 1.91. The molecule has 1 amide bonds. The number of halogens is 1. The lowest BCUT2D eigenvalue weighted by atomic mass is 10.1. The van der Waals surface area contributed by atoms with E-state index < -0.39 is 0 Å². The fraction of sp³-hybridized carbons (Fsp3) is 0.500. The van der Waals surface area contributed by atoms with E-state index in [4.69, 9.17) is 4.74 Å². The van der Waals surface area contributed by atoms with Crippen molar-refractivity contribution in [2.75, 3.05) is 25.0 Å². The van der Waals surface area contributed by atoms with Crippen molar-refractivity contribution in [2.45, 2.75) is 26.4 Å². The molecule has 4 nitrogen and oxygen atoms in total. The van der Waals surface area contributed by atoms with Crippen LogP contribution in [0.2, 0.25) is 0 Å². The number of carbonyl (C=O) groups is 1. The highest BCUT2D eigenvalue weighted by Crippen LogP contribution is 2.16. The molecule has 1 heterocycles. The van der Waals surface area contributed by atoms with E-state index in [1.54, 1.807) is 0 Å². The van der Waals surface area contributed by atoms with Crippen LogP contribution in [0.15, 0.2) is 18.2 Å². The van der Waals surface area contributed by atoms with Gasteiger partial charge in [0.1, 0.15) is 6.10 Å². The van der Waals surface area contributed by atoms with E-state index in [0.717, 1.165) is 18.7 Å². The predicted molar refractivity (Wildman–Crippen MR) is 79.0 cm³/mol. The van der Waals surface area contributed by atoms with Gasteiger partial charge >= 0.3 is 0 Å². The molecule has 19 heavy (non-hydrogen) atoms. The highest BCUT2D eigenvalue weighted by molar-refractivity contribution is 5.94. The third kappa shape index (κ3) is 4.20. The van der Waals surface area contributed by atoms with Crippen LogP contribution in [0.1, 0.15) is 18.1 Å². The van der Waals surface area contributed by atoms with Crippen molar-refractivity contribution in [1.82, 2.24) is 5.32 Å². The largest absolute Gasteiger partial charge is 0.366 e. The Morgan fingerprint density at radius 1 is 1.53 bits per heavy atom. The maximum absolute atomic E-state index is 12.0. The number of amides is 1. The summed E-state index contributed by atoms with van der Waals surface area (Å²) in [5, 5.41) is 6.06. The van der Waals surface area contributed by atoms with Crippen molar-refractivity contribution in [3.05, 3.63) is 29.3 Å². The summed E-state index contributed by atoms with van der Waals surface area (Å²) < 4.78 is 5.42. The minimum Gasteiger partial charge on any atom is -0.366 e. The molecule has 1 saturated heterocycles. The molecule has 5 heteroatoms. The maximum Gasteiger partial charge on any atom is 0.254 e. The number of aryl methyl sites for hydroxylation is 2. The van der Waals surface area contributed by atoms with E-state index in [1.165, 1.54) is 11.1 Å². The quantitative estimate of drug-likeness (QED) is 0.891. The zero-order valence-corrected chi connectivity index (χ0v) is 12.2. The van der Waals surface area contributed by atoms with E-state index in [9.17, 15) is 4.79 Å². The Bertz CT molecular complexity index is 431. The van der Waals surface area contributed by atoms with E-state index in [0.29, 0.717) is 13.2 Å². The number of morpholine rings is 1. The molecular formula is C14H21ClN2O2. The summed E-state index contributed by atoms with van der Waals surface area (Å²) in [4.78, 5) is 12.0. The van der Waals surface area contributed by atoms with Gasteiger partial charge < -0.3 is 15.4 Å². The Morgan fingerprint density at radius 2 is 2.32 bits per heavy atom. The zero-order chi connectivity index (χ0) is 13.0. The summed E-state index contributed by atoms with van der Waals surface area (Å²) in [5.41, 5.74) is 3.36. The lowest BCUT2D eigenvalue weighted by Crippen LogP contribution is -2.45. The third-order valence-corrected chi connectivity index (χ3v) is 3.22. The van der Waals surface area contributed by atoms with E-state index in [2.05, 4.69) is 24.5 Å². The fourth-order valence-corrected chi connectivity index (χ4v) is 2.09. The average molecular weight is 285 g/mol. The van der Waals surface area contributed by atoms with Crippen molar-refractivity contribution in [3.63, 3.8) is 0 Å². The van der Waals surface area contributed by atoms with Crippen LogP contribution in [0.4, 0.5) is 5.69 Å². The van der Waals surface area contributed by atoms with Crippen LogP contribution in [0.25, 0.3) is 0 Å². The molecule has 2 rings (SSSR count). The molecular weight excluding hydrogens is 264 g/mol. The molecule has 1 fully saturated rings. The second kappa shape index (κ2) is 7.48. The second-order valence-electron chi connectivity index (χ2n) is 4.55. The van der Waals surface area contributed by atoms with Crippen LogP contribution < -0.4 is 10.6 Å². The summed E-state index contributed by atoms with van der Waals surface area (Å²) >= 11 is 0. The maximum atomic E-state index is 12.0. The molecule has 0 radical (unpaired) electrons. The average Bonchev–Trinajstić information content (AvgIpc) is 2.42. The Hall–Kier alpha value is -1.10. The van der Waals surface area contributed by atoms with Gasteiger partial charge in [-0.1, -0.05) is 13.0 Å². The van der Waals surface area contributed by atoms with E-state index >= 15 is 0 Å². The Labute approximate surface area is 120 Å². The van der Waals surface area contributed by atoms with Gasteiger partial charge in [-0.2, -0.15) is 0 Å². The standard InChI is InChI=1S/C14H20N2O2.ClH/c1-3-11-8-12(5-4-10(11)2)16-14(17)13-9-15-6-7-18-13;/h4-5,8,13,15H,3,6-7,9H2,1-2H3,(H,16,17);1H. The normalized spacial score (nSPS) is 18.5. The number of rotatable bonds is 3. The van der Waals surface area contributed by atoms with Crippen LogP contribution >= 0.6 is 12.4 Å². The van der Waals surface area contributed by atoms with Crippen LogP contribution in [-0.2, 0) is 16.0 Å². The van der Waals surface area contributed by atoms with Crippen molar-refractivity contribution in [2.24, 2.45) is 0 Å². The van der Waals surface area contributed by atoms with Crippen molar-refractivity contribution in [1.29, 1.82) is 0 Å². The van der Waals surface area contributed by atoms with Gasteiger partial charge in [0.25, 0.3) is 5.91 Å². The highest BCUT2D eigenvalue weighted by atomic mass is 35.5. The summed E-state index contributed by atoms with van der Waals surface area (Å²) in [6.07, 6.45) is 0.585. The molecule has 0 saturated carbocycles. The summed E-state index contributed by atoms with van der Waals surface area (Å²) in [7, 11) is 0. The number of benzene rings is 1. The number of ether oxygens (including phenoxy) is 1. The monoisotopic (exact) mass is 284 g/mol. The van der Waals surface area contributed by atoms with Crippen LogP contribution in [0.3, 0.4) is 0 Å². The van der Waals surface area contributed by atoms with Gasteiger partial charge in [-0.15, -0.1) is 12.4 Å². The lowest BCUT2D eigenvalue weighted by Gasteiger charge is -2.22. The van der Waals surface area contributed by atoms with Crippen LogP contribution in [0, 0.1) is 6.92 Å². The van der Waals surface area contributed by atoms with Crippen LogP contribution in [-0.4, -0.2) is 31.7 Å². The molecule has 1 aromatic rings. The minimum absolute atomic E-state index is 0. The van der Waals surface area contributed by atoms with Gasteiger partial charge in [-0.05, 0) is 36.6 Å². The molecule has 0 spiro atoms. The highest BCUT2D eigenvalue weighted by Gasteiger charge is 2.21. The third-order valence-electron chi connectivity index (χ3n) is 3.22. The van der Waals surface area contributed by atoms with E-state index in [1.807, 2.05) is 18.2 Å². The first-order chi connectivity index (χ1) is 8.70. The zero-order valence-electron chi connectivity index (χ0n) is 11.4. The van der Waals surface area contributed by atoms with Gasteiger partial charge in [-0.25, -0.2) is 0 Å². The van der Waals surface area contributed by atoms with Gasteiger partial charge in [0.05, 0.1) is 6.61 Å². The molecule has 1 aliphatic heterocycles. The second-order valence-corrected chi connectivity index (χ2v) is 4.55. The Kier molecular flexibility index (Phi) is 6.28. The summed E-state index contributed by atoms with van der Waals surface area (Å²) in [6, 6.07) is 6.00. The molecule has 0 aromatic heterocycles. The molecule has 2 N–H and O–H groups in total. The summed E-state index contributed by atoms with van der Waals surface area (Å²) in [6.45, 7) is 6.18. The number of anilines is 1. The van der Waals surface area contributed by atoms with Gasteiger partial charge in [0.15, 0.2) is 0 Å². The first-order valence-corrected chi connectivity index (χ1v) is 6.43. The molecule has 1 aliphatic rings. The topological polar surface area (TPSA) is 50.4 Å². The number of carbonyl (C=O) groups excluding carboxylic acids is 1. The molecule has 0 aliphatic carbocycles. The summed E-state index contributed by atoms with van der Waals surface area (Å²) in [5.74, 6) is -0.0758. The SMILES string of the molecule is CCc1cc(NC(=O)C2CNCCO2)ccc1C.Cl. The fourth-order valence-electron chi connectivity index (χ4n) is 2.09. The van der Waals surface area contributed by atoms with Gasteiger partial charge in [0, 0.05) is 18.8 Å². The van der Waals surface area contributed by atoms with Gasteiger partial charge in [-0.3, -0.25) is 4.79 Å². The molecule has 1 atom stereocenters. The first-order valence-electron chi connectivity index (χ1n) is 6.43. The lowest BCUT2D eigenvalue weighted by molar-refractivity contribution is -0.128. The molecule has 1 aromatic carbocycles.